The molecule has 0 spiro atoms. The molecule has 0 atom stereocenters. The van der Waals surface area contributed by atoms with Crippen LogP contribution in [0, 0.1) is 23.5 Å². The van der Waals surface area contributed by atoms with E-state index >= 15 is 0 Å². The molecular formula is C24H16F2N4OS. The van der Waals surface area contributed by atoms with Gasteiger partial charge in [-0.05, 0) is 48.3 Å². The molecule has 0 saturated carbocycles. The summed E-state index contributed by atoms with van der Waals surface area (Å²) in [5, 5.41) is 12.7. The van der Waals surface area contributed by atoms with E-state index in [4.69, 9.17) is 10.9 Å². The summed E-state index contributed by atoms with van der Waals surface area (Å²) < 4.78 is 29.9. The molecule has 0 fully saturated rings. The third-order valence-electron chi connectivity index (χ3n) is 4.43. The highest BCUT2D eigenvalue weighted by atomic mass is 32.2. The first-order valence-electron chi connectivity index (χ1n) is 9.40. The Balaban J connectivity index is 1.67. The van der Waals surface area contributed by atoms with Crippen LogP contribution >= 0.6 is 11.9 Å². The number of para-hydroxylation sites is 1. The quantitative estimate of drug-likeness (QED) is 0.101. The molecule has 1 heterocycles. The van der Waals surface area contributed by atoms with Gasteiger partial charge in [0, 0.05) is 33.0 Å². The number of pyridine rings is 1. The number of anilines is 1. The number of nitrogens with one attached hydrogen (secondary N) is 1. The van der Waals surface area contributed by atoms with Gasteiger partial charge in [-0.1, -0.05) is 47.3 Å². The lowest BCUT2D eigenvalue weighted by Crippen LogP contribution is -2.12. The van der Waals surface area contributed by atoms with E-state index < -0.39 is 11.6 Å². The zero-order chi connectivity index (χ0) is 22.5. The van der Waals surface area contributed by atoms with Gasteiger partial charge in [-0.15, -0.1) is 0 Å². The Bertz CT molecular complexity index is 1380. The fraction of sp³-hybridized carbons (Fsp3) is 0. The second-order valence-electron chi connectivity index (χ2n) is 6.70. The van der Waals surface area contributed by atoms with E-state index in [2.05, 4.69) is 26.7 Å². The van der Waals surface area contributed by atoms with Crippen LogP contribution in [0.3, 0.4) is 0 Å². The van der Waals surface area contributed by atoms with Crippen LogP contribution in [-0.2, 0) is 0 Å². The summed E-state index contributed by atoms with van der Waals surface area (Å²) in [6.45, 7) is 0. The minimum Gasteiger partial charge on any atom is -0.409 e. The number of benzene rings is 3. The molecule has 0 amide bonds. The van der Waals surface area contributed by atoms with Gasteiger partial charge in [-0.2, -0.15) is 0 Å². The van der Waals surface area contributed by atoms with Gasteiger partial charge in [0.1, 0.15) is 17.5 Å². The molecular weight excluding hydrogens is 430 g/mol. The van der Waals surface area contributed by atoms with Crippen LogP contribution in [0.2, 0.25) is 0 Å². The van der Waals surface area contributed by atoms with Crippen LogP contribution in [0.1, 0.15) is 16.7 Å². The second-order valence-corrected chi connectivity index (χ2v) is 7.58. The summed E-state index contributed by atoms with van der Waals surface area (Å²) in [7, 11) is 0. The molecule has 158 valence electrons. The number of hydrogen-bond acceptors (Lipinski definition) is 5. The molecule has 0 aliphatic rings. The third kappa shape index (κ3) is 4.96. The fourth-order valence-corrected chi connectivity index (χ4v) is 3.65. The van der Waals surface area contributed by atoms with Gasteiger partial charge < -0.3 is 15.7 Å². The number of hydrogen-bond donors (Lipinski definition) is 3. The van der Waals surface area contributed by atoms with Crippen molar-refractivity contribution in [1.82, 2.24) is 4.98 Å². The van der Waals surface area contributed by atoms with Crippen molar-refractivity contribution in [3.8, 4) is 11.8 Å². The topological polar surface area (TPSA) is 83.5 Å². The number of nitrogens with zero attached hydrogens (tertiary/aromatic N) is 2. The molecule has 0 unspecified atom stereocenters. The Morgan fingerprint density at radius 1 is 0.969 bits per heavy atom. The van der Waals surface area contributed by atoms with E-state index in [0.717, 1.165) is 34.5 Å². The van der Waals surface area contributed by atoms with Crippen molar-refractivity contribution in [3.05, 3.63) is 101 Å². The molecule has 8 heteroatoms. The zero-order valence-electron chi connectivity index (χ0n) is 16.5. The van der Waals surface area contributed by atoms with E-state index in [1.165, 1.54) is 12.1 Å². The van der Waals surface area contributed by atoms with Gasteiger partial charge in [0.25, 0.3) is 0 Å². The first kappa shape index (κ1) is 21.2. The second kappa shape index (κ2) is 9.37. The van der Waals surface area contributed by atoms with Gasteiger partial charge in [0.05, 0.1) is 5.52 Å². The molecule has 0 bridgehead atoms. The van der Waals surface area contributed by atoms with Gasteiger partial charge in [0.15, 0.2) is 5.84 Å². The Kier molecular flexibility index (Phi) is 6.19. The summed E-state index contributed by atoms with van der Waals surface area (Å²) in [5.74, 6) is 5.42. The first-order chi connectivity index (χ1) is 15.5. The normalized spacial score (nSPS) is 11.1. The molecule has 3 aromatic carbocycles. The number of fused-ring (bicyclic) bond motifs is 1. The maximum absolute atomic E-state index is 13.4. The molecule has 0 radical (unpaired) electrons. The highest BCUT2D eigenvalue weighted by Crippen LogP contribution is 2.25. The molecule has 5 nitrogen and oxygen atoms in total. The van der Waals surface area contributed by atoms with Gasteiger partial charge in [-0.25, -0.2) is 13.8 Å². The number of aromatic nitrogens is 1. The van der Waals surface area contributed by atoms with Crippen molar-refractivity contribution in [1.29, 1.82) is 0 Å². The summed E-state index contributed by atoms with van der Waals surface area (Å²) in [6.07, 6.45) is 0. The number of rotatable bonds is 4. The lowest BCUT2D eigenvalue weighted by Gasteiger charge is -2.08. The van der Waals surface area contributed by atoms with Crippen LogP contribution in [0.25, 0.3) is 10.9 Å². The minimum atomic E-state index is -0.651. The first-order valence-corrected chi connectivity index (χ1v) is 10.2. The van der Waals surface area contributed by atoms with E-state index in [1.807, 2.05) is 30.3 Å². The Hall–Kier alpha value is -4.09. The smallest absolute Gasteiger partial charge is 0.170 e. The minimum absolute atomic E-state index is 0.000285. The maximum Gasteiger partial charge on any atom is 0.170 e. The zero-order valence-corrected chi connectivity index (χ0v) is 17.3. The van der Waals surface area contributed by atoms with Crippen LogP contribution < -0.4 is 10.5 Å². The summed E-state index contributed by atoms with van der Waals surface area (Å²) in [5.41, 5.74) is 8.34. The van der Waals surface area contributed by atoms with E-state index in [0.29, 0.717) is 21.8 Å². The van der Waals surface area contributed by atoms with Crippen LogP contribution in [0.15, 0.2) is 82.8 Å². The molecule has 4 rings (SSSR count). The molecule has 0 aliphatic carbocycles. The Morgan fingerprint density at radius 3 is 2.53 bits per heavy atom. The number of amidine groups is 1. The SMILES string of the molecule is N/C(=N\O)c1cccc(C#Cc2cc(NSc3cc(F)cc(F)c3)nc3ccccc23)c1. The highest BCUT2D eigenvalue weighted by Gasteiger charge is 2.07. The molecule has 4 N–H and O–H groups in total. The fourth-order valence-electron chi connectivity index (χ4n) is 2.98. The summed E-state index contributed by atoms with van der Waals surface area (Å²) in [4.78, 5) is 4.93. The van der Waals surface area contributed by atoms with Crippen LogP contribution in [0.5, 0.6) is 0 Å². The molecule has 0 aliphatic heterocycles. The maximum atomic E-state index is 13.4. The Morgan fingerprint density at radius 2 is 1.75 bits per heavy atom. The molecule has 0 saturated heterocycles. The number of oxime groups is 1. The van der Waals surface area contributed by atoms with Crippen molar-refractivity contribution in [2.24, 2.45) is 10.9 Å². The molecule has 4 aromatic rings. The van der Waals surface area contributed by atoms with Crippen molar-refractivity contribution in [2.75, 3.05) is 4.72 Å². The van der Waals surface area contributed by atoms with Crippen LogP contribution in [-0.4, -0.2) is 16.0 Å². The number of halogens is 2. The number of nitrogens with two attached hydrogens (primary N) is 1. The van der Waals surface area contributed by atoms with Crippen molar-refractivity contribution < 1.29 is 14.0 Å². The lowest BCUT2D eigenvalue weighted by atomic mass is 10.1. The van der Waals surface area contributed by atoms with Gasteiger partial charge in [-0.3, -0.25) is 0 Å². The van der Waals surface area contributed by atoms with Gasteiger partial charge >= 0.3 is 0 Å². The third-order valence-corrected chi connectivity index (χ3v) is 5.22. The summed E-state index contributed by atoms with van der Waals surface area (Å²) in [6, 6.07) is 19.6. The van der Waals surface area contributed by atoms with Crippen molar-refractivity contribution >= 4 is 34.5 Å². The van der Waals surface area contributed by atoms with E-state index in [-0.39, 0.29) is 5.84 Å². The van der Waals surface area contributed by atoms with Crippen LogP contribution in [0.4, 0.5) is 14.6 Å². The molecule has 32 heavy (non-hydrogen) atoms. The van der Waals surface area contributed by atoms with E-state index in [9.17, 15) is 8.78 Å². The predicted molar refractivity (Wildman–Crippen MR) is 123 cm³/mol. The van der Waals surface area contributed by atoms with Gasteiger partial charge in [0.2, 0.25) is 0 Å². The average Bonchev–Trinajstić information content (AvgIpc) is 2.80. The van der Waals surface area contributed by atoms with Crippen molar-refractivity contribution in [2.45, 2.75) is 4.90 Å². The lowest BCUT2D eigenvalue weighted by molar-refractivity contribution is 0.318. The van der Waals surface area contributed by atoms with E-state index in [1.54, 1.807) is 24.3 Å². The standard InChI is InChI=1S/C24H16F2N4OS/c25-18-12-19(26)14-20(13-18)32-30-23-11-16(21-6-1-2-7-22(21)28-23)9-8-15-4-3-5-17(10-15)24(27)29-31/h1-7,10-14,31H,(H2,27,29)(H,28,30). The predicted octanol–water partition coefficient (Wildman–Crippen LogP) is 5.13. The summed E-state index contributed by atoms with van der Waals surface area (Å²) >= 11 is 1.05. The largest absolute Gasteiger partial charge is 0.409 e. The average molecular weight is 446 g/mol. The Labute approximate surface area is 187 Å². The molecule has 1 aromatic heterocycles. The van der Waals surface area contributed by atoms with Crippen molar-refractivity contribution in [3.63, 3.8) is 0 Å². The highest BCUT2D eigenvalue weighted by molar-refractivity contribution is 8.00. The monoisotopic (exact) mass is 446 g/mol.